The Morgan fingerprint density at radius 1 is 1.38 bits per heavy atom. The minimum atomic E-state index is -0.860. The molecule has 1 amide bonds. The van der Waals surface area contributed by atoms with Gasteiger partial charge in [0.15, 0.2) is 0 Å². The number of carbonyl (C=O) groups is 2. The van der Waals surface area contributed by atoms with Gasteiger partial charge in [-0.05, 0) is 18.8 Å². The Hall–Kier alpha value is -1.10. The van der Waals surface area contributed by atoms with Crippen LogP contribution in [-0.4, -0.2) is 29.1 Å². The van der Waals surface area contributed by atoms with Crippen LogP contribution >= 0.6 is 0 Å². The molecule has 0 aromatic rings. The minimum absolute atomic E-state index is 0.0478. The van der Waals surface area contributed by atoms with Crippen LogP contribution in [0.2, 0.25) is 0 Å². The van der Waals surface area contributed by atoms with Crippen molar-refractivity contribution < 1.29 is 14.7 Å². The predicted molar refractivity (Wildman–Crippen MR) is 61.9 cm³/mol. The van der Waals surface area contributed by atoms with Crippen molar-refractivity contribution >= 4 is 11.9 Å². The van der Waals surface area contributed by atoms with Crippen LogP contribution in [0.5, 0.6) is 0 Å². The summed E-state index contributed by atoms with van der Waals surface area (Å²) in [5.41, 5.74) is 5.48. The van der Waals surface area contributed by atoms with Gasteiger partial charge in [0.2, 0.25) is 5.91 Å². The number of nitrogens with one attached hydrogen (secondary N) is 1. The average molecular weight is 230 g/mol. The van der Waals surface area contributed by atoms with Crippen molar-refractivity contribution in [3.63, 3.8) is 0 Å². The molecule has 2 unspecified atom stereocenters. The van der Waals surface area contributed by atoms with E-state index in [0.29, 0.717) is 6.42 Å². The molecule has 0 rings (SSSR count). The maximum Gasteiger partial charge on any atom is 0.303 e. The van der Waals surface area contributed by atoms with Gasteiger partial charge in [-0.1, -0.05) is 20.8 Å². The largest absolute Gasteiger partial charge is 0.481 e. The summed E-state index contributed by atoms with van der Waals surface area (Å²) >= 11 is 0. The van der Waals surface area contributed by atoms with Gasteiger partial charge in [0, 0.05) is 12.5 Å². The molecule has 0 aliphatic carbocycles. The summed E-state index contributed by atoms with van der Waals surface area (Å²) in [4.78, 5) is 22.0. The number of carboxylic acids is 1. The standard InChI is InChI=1S/C11H22N2O3/c1-7(5-6-8(14)15)13-10(16)9(12)11(2,3)4/h7,9H,5-6,12H2,1-4H3,(H,13,16)(H,14,15). The number of amides is 1. The Kier molecular flexibility index (Phi) is 5.44. The fourth-order valence-corrected chi connectivity index (χ4v) is 1.14. The second-order valence-corrected chi connectivity index (χ2v) is 5.19. The minimum Gasteiger partial charge on any atom is -0.481 e. The van der Waals surface area contributed by atoms with E-state index in [1.165, 1.54) is 0 Å². The molecule has 0 saturated carbocycles. The first-order valence-electron chi connectivity index (χ1n) is 5.42. The summed E-state index contributed by atoms with van der Waals surface area (Å²) < 4.78 is 0. The van der Waals surface area contributed by atoms with Crippen LogP contribution in [0.4, 0.5) is 0 Å². The number of carboxylic acid groups (broad SMARTS) is 1. The van der Waals surface area contributed by atoms with Crippen LogP contribution in [-0.2, 0) is 9.59 Å². The van der Waals surface area contributed by atoms with Crippen LogP contribution in [0.25, 0.3) is 0 Å². The summed E-state index contributed by atoms with van der Waals surface area (Å²) in [7, 11) is 0. The van der Waals surface area contributed by atoms with Gasteiger partial charge in [0.25, 0.3) is 0 Å². The highest BCUT2D eigenvalue weighted by atomic mass is 16.4. The number of hydrogen-bond donors (Lipinski definition) is 3. The highest BCUT2D eigenvalue weighted by molar-refractivity contribution is 5.82. The number of rotatable bonds is 5. The zero-order valence-corrected chi connectivity index (χ0v) is 10.4. The van der Waals surface area contributed by atoms with Gasteiger partial charge in [0.1, 0.15) is 0 Å². The molecule has 0 aromatic carbocycles. The third-order valence-corrected chi connectivity index (χ3v) is 2.40. The molecule has 16 heavy (non-hydrogen) atoms. The van der Waals surface area contributed by atoms with Crippen LogP contribution in [0, 0.1) is 5.41 Å². The molecule has 0 saturated heterocycles. The summed E-state index contributed by atoms with van der Waals surface area (Å²) in [5.74, 6) is -1.09. The molecule has 94 valence electrons. The summed E-state index contributed by atoms with van der Waals surface area (Å²) in [6, 6.07) is -0.753. The molecule has 0 aliphatic rings. The highest BCUT2D eigenvalue weighted by Crippen LogP contribution is 2.17. The lowest BCUT2D eigenvalue weighted by Gasteiger charge is -2.27. The average Bonchev–Trinajstić information content (AvgIpc) is 2.11. The van der Waals surface area contributed by atoms with Gasteiger partial charge in [-0.15, -0.1) is 0 Å². The van der Waals surface area contributed by atoms with E-state index in [1.807, 2.05) is 20.8 Å². The molecule has 0 radical (unpaired) electrons. The second-order valence-electron chi connectivity index (χ2n) is 5.19. The predicted octanol–water partition coefficient (Wildman–Crippen LogP) is 0.729. The van der Waals surface area contributed by atoms with Crippen molar-refractivity contribution in [3.05, 3.63) is 0 Å². The van der Waals surface area contributed by atoms with E-state index in [-0.39, 0.29) is 23.8 Å². The van der Waals surface area contributed by atoms with E-state index >= 15 is 0 Å². The fraction of sp³-hybridized carbons (Fsp3) is 0.818. The topological polar surface area (TPSA) is 92.4 Å². The fourth-order valence-electron chi connectivity index (χ4n) is 1.14. The molecule has 5 nitrogen and oxygen atoms in total. The van der Waals surface area contributed by atoms with Gasteiger partial charge in [0.05, 0.1) is 6.04 Å². The first-order valence-corrected chi connectivity index (χ1v) is 5.42. The maximum absolute atomic E-state index is 11.7. The summed E-state index contributed by atoms with van der Waals surface area (Å²) in [6.45, 7) is 7.44. The second kappa shape index (κ2) is 5.84. The van der Waals surface area contributed by atoms with E-state index < -0.39 is 12.0 Å². The summed E-state index contributed by atoms with van der Waals surface area (Å²) in [6.07, 6.45) is 0.462. The van der Waals surface area contributed by atoms with E-state index in [0.717, 1.165) is 0 Å². The van der Waals surface area contributed by atoms with E-state index in [4.69, 9.17) is 10.8 Å². The molecule has 0 heterocycles. The van der Waals surface area contributed by atoms with Crippen LogP contribution in [0.1, 0.15) is 40.5 Å². The molecule has 2 atom stereocenters. The van der Waals surface area contributed by atoms with Crippen molar-refractivity contribution in [3.8, 4) is 0 Å². The quantitative estimate of drug-likeness (QED) is 0.649. The number of aliphatic carboxylic acids is 1. The van der Waals surface area contributed by atoms with Crippen molar-refractivity contribution in [1.29, 1.82) is 0 Å². The van der Waals surface area contributed by atoms with Gasteiger partial charge in [-0.2, -0.15) is 0 Å². The van der Waals surface area contributed by atoms with Gasteiger partial charge in [-0.3, -0.25) is 9.59 Å². The molecule has 0 spiro atoms. The van der Waals surface area contributed by atoms with Gasteiger partial charge < -0.3 is 16.2 Å². The molecule has 0 bridgehead atoms. The Labute approximate surface area is 96.4 Å². The van der Waals surface area contributed by atoms with Crippen LogP contribution in [0.3, 0.4) is 0 Å². The smallest absolute Gasteiger partial charge is 0.303 e. The molecule has 4 N–H and O–H groups in total. The van der Waals surface area contributed by atoms with Gasteiger partial charge >= 0.3 is 5.97 Å². The molecular formula is C11H22N2O3. The molecule has 0 aliphatic heterocycles. The van der Waals surface area contributed by atoms with Crippen LogP contribution in [0.15, 0.2) is 0 Å². The third-order valence-electron chi connectivity index (χ3n) is 2.40. The first kappa shape index (κ1) is 14.9. The molecule has 0 aromatic heterocycles. The summed E-state index contributed by atoms with van der Waals surface area (Å²) in [5, 5.41) is 11.2. The SMILES string of the molecule is CC(CCC(=O)O)NC(=O)C(N)C(C)(C)C. The Morgan fingerprint density at radius 2 is 1.88 bits per heavy atom. The molecular weight excluding hydrogens is 208 g/mol. The Balaban J connectivity index is 4.09. The lowest BCUT2D eigenvalue weighted by atomic mass is 9.87. The van der Waals surface area contributed by atoms with Crippen molar-refractivity contribution in [2.45, 2.75) is 52.6 Å². The van der Waals surface area contributed by atoms with E-state index in [1.54, 1.807) is 6.92 Å². The van der Waals surface area contributed by atoms with Gasteiger partial charge in [-0.25, -0.2) is 0 Å². The molecule has 0 fully saturated rings. The van der Waals surface area contributed by atoms with Crippen LogP contribution < -0.4 is 11.1 Å². The monoisotopic (exact) mass is 230 g/mol. The third kappa shape index (κ3) is 5.70. The highest BCUT2D eigenvalue weighted by Gasteiger charge is 2.28. The first-order chi connectivity index (χ1) is 7.14. The Morgan fingerprint density at radius 3 is 2.25 bits per heavy atom. The number of nitrogens with two attached hydrogens (primary N) is 1. The van der Waals surface area contributed by atoms with Crippen molar-refractivity contribution in [2.75, 3.05) is 0 Å². The number of carbonyl (C=O) groups excluding carboxylic acids is 1. The normalized spacial score (nSPS) is 15.3. The lowest BCUT2D eigenvalue weighted by molar-refractivity contribution is -0.137. The maximum atomic E-state index is 11.7. The van der Waals surface area contributed by atoms with E-state index in [2.05, 4.69) is 5.32 Å². The zero-order valence-electron chi connectivity index (χ0n) is 10.4. The van der Waals surface area contributed by atoms with E-state index in [9.17, 15) is 9.59 Å². The lowest BCUT2D eigenvalue weighted by Crippen LogP contribution is -2.50. The van der Waals surface area contributed by atoms with Crippen molar-refractivity contribution in [1.82, 2.24) is 5.32 Å². The Bertz CT molecular complexity index is 258. The molecule has 5 heteroatoms. The van der Waals surface area contributed by atoms with Crippen molar-refractivity contribution in [2.24, 2.45) is 11.1 Å². The zero-order chi connectivity index (χ0) is 12.9. The number of hydrogen-bond acceptors (Lipinski definition) is 3.